The largest absolute Gasteiger partial charge is 0.508 e. The van der Waals surface area contributed by atoms with Crippen molar-refractivity contribution in [1.29, 1.82) is 0 Å². The van der Waals surface area contributed by atoms with Crippen LogP contribution in [0.15, 0.2) is 47.8 Å². The molecule has 0 unspecified atom stereocenters. The third kappa shape index (κ3) is 4.21. The number of aromatic hydroxyl groups is 1. The van der Waals surface area contributed by atoms with Crippen molar-refractivity contribution < 1.29 is 24.2 Å². The van der Waals surface area contributed by atoms with Gasteiger partial charge in [-0.2, -0.15) is 0 Å². The fraction of sp³-hybridized carbons (Fsp3) is 0.368. The van der Waals surface area contributed by atoms with E-state index in [0.717, 1.165) is 12.8 Å². The molecule has 2 rings (SSSR count). The minimum Gasteiger partial charge on any atom is -0.508 e. The van der Waals surface area contributed by atoms with Gasteiger partial charge in [0.15, 0.2) is 0 Å². The minimum atomic E-state index is -0.613. The number of rotatable bonds is 6. The summed E-state index contributed by atoms with van der Waals surface area (Å²) >= 11 is 0. The Labute approximate surface area is 147 Å². The molecule has 0 saturated carbocycles. The summed E-state index contributed by atoms with van der Waals surface area (Å²) < 4.78 is 9.83. The van der Waals surface area contributed by atoms with Crippen molar-refractivity contribution in [2.45, 2.75) is 25.7 Å². The maximum Gasteiger partial charge on any atom is 0.336 e. The number of phenols is 1. The summed E-state index contributed by atoms with van der Waals surface area (Å²) in [5.41, 5.74) is 1.40. The first-order valence-electron chi connectivity index (χ1n) is 8.16. The van der Waals surface area contributed by atoms with Crippen molar-refractivity contribution in [1.82, 2.24) is 4.90 Å². The molecule has 0 radical (unpaired) electrons. The summed E-state index contributed by atoms with van der Waals surface area (Å²) in [5, 5.41) is 9.52. The number of methoxy groups -OCH3 is 2. The Kier molecular flexibility index (Phi) is 6.22. The summed E-state index contributed by atoms with van der Waals surface area (Å²) in [6.07, 6.45) is 5.33. The Balaban J connectivity index is 2.52. The zero-order chi connectivity index (χ0) is 18.4. The van der Waals surface area contributed by atoms with Gasteiger partial charge in [0.2, 0.25) is 0 Å². The van der Waals surface area contributed by atoms with Crippen molar-refractivity contribution in [3.05, 3.63) is 53.4 Å². The van der Waals surface area contributed by atoms with Gasteiger partial charge in [-0.05, 0) is 24.1 Å². The van der Waals surface area contributed by atoms with E-state index in [1.807, 2.05) is 4.90 Å². The van der Waals surface area contributed by atoms with Crippen LogP contribution in [0.3, 0.4) is 0 Å². The second kappa shape index (κ2) is 8.37. The first-order chi connectivity index (χ1) is 12.0. The van der Waals surface area contributed by atoms with Crippen molar-refractivity contribution >= 4 is 11.9 Å². The number of carbonyl (C=O) groups excluding carboxylic acids is 2. The normalized spacial score (nSPS) is 14.6. The number of hydrogen-bond acceptors (Lipinski definition) is 6. The molecule has 0 aliphatic carbocycles. The molecular formula is C19H23NO5. The smallest absolute Gasteiger partial charge is 0.336 e. The number of phenolic OH excluding ortho intramolecular Hbond substituents is 1. The van der Waals surface area contributed by atoms with Gasteiger partial charge in [-0.25, -0.2) is 9.59 Å². The predicted octanol–water partition coefficient (Wildman–Crippen LogP) is 2.71. The summed E-state index contributed by atoms with van der Waals surface area (Å²) in [6, 6.07) is 6.38. The standard InChI is InChI=1S/C19H23NO5/c1-4-5-10-20-11-15(18(22)24-2)17(16(12-20)19(23)25-3)13-6-8-14(21)9-7-13/h6-9,11-12,17,21H,4-5,10H2,1-3H3. The van der Waals surface area contributed by atoms with Crippen molar-refractivity contribution in [2.24, 2.45) is 0 Å². The summed E-state index contributed by atoms with van der Waals surface area (Å²) in [6.45, 7) is 2.75. The molecule has 0 atom stereocenters. The van der Waals surface area contributed by atoms with Gasteiger partial charge < -0.3 is 19.5 Å². The molecule has 1 N–H and O–H groups in total. The topological polar surface area (TPSA) is 76.1 Å². The molecule has 134 valence electrons. The molecular weight excluding hydrogens is 322 g/mol. The molecule has 1 aliphatic rings. The van der Waals surface area contributed by atoms with Gasteiger partial charge in [0.05, 0.1) is 31.3 Å². The van der Waals surface area contributed by atoms with Crippen LogP contribution < -0.4 is 0 Å². The highest BCUT2D eigenvalue weighted by atomic mass is 16.5. The van der Waals surface area contributed by atoms with E-state index in [4.69, 9.17) is 9.47 Å². The van der Waals surface area contributed by atoms with E-state index in [0.29, 0.717) is 23.3 Å². The SMILES string of the molecule is CCCCN1C=C(C(=O)OC)C(c2ccc(O)cc2)C(C(=O)OC)=C1. The fourth-order valence-corrected chi connectivity index (χ4v) is 2.78. The van der Waals surface area contributed by atoms with Crippen LogP contribution in [-0.2, 0) is 19.1 Å². The molecule has 25 heavy (non-hydrogen) atoms. The molecule has 6 heteroatoms. The van der Waals surface area contributed by atoms with E-state index in [9.17, 15) is 14.7 Å². The van der Waals surface area contributed by atoms with E-state index in [1.165, 1.54) is 26.4 Å². The lowest BCUT2D eigenvalue weighted by Gasteiger charge is -2.30. The Bertz CT molecular complexity index is 656. The molecule has 1 aromatic carbocycles. The third-order valence-electron chi connectivity index (χ3n) is 4.07. The third-order valence-corrected chi connectivity index (χ3v) is 4.07. The van der Waals surface area contributed by atoms with Crippen LogP contribution in [0.4, 0.5) is 0 Å². The van der Waals surface area contributed by atoms with Gasteiger partial charge in [-0.1, -0.05) is 25.5 Å². The molecule has 0 amide bonds. The maximum absolute atomic E-state index is 12.3. The molecule has 1 aromatic rings. The van der Waals surface area contributed by atoms with Gasteiger partial charge in [-0.15, -0.1) is 0 Å². The Morgan fingerprint density at radius 1 is 1.04 bits per heavy atom. The number of hydrogen-bond donors (Lipinski definition) is 1. The Morgan fingerprint density at radius 2 is 1.56 bits per heavy atom. The van der Waals surface area contributed by atoms with Gasteiger partial charge >= 0.3 is 11.9 Å². The molecule has 0 saturated heterocycles. The average molecular weight is 345 g/mol. The lowest BCUT2D eigenvalue weighted by atomic mass is 9.83. The van der Waals surface area contributed by atoms with Crippen LogP contribution in [0.25, 0.3) is 0 Å². The number of nitrogens with zero attached hydrogens (tertiary/aromatic N) is 1. The van der Waals surface area contributed by atoms with Crippen molar-refractivity contribution in [3.8, 4) is 5.75 Å². The van der Waals surface area contributed by atoms with E-state index in [1.54, 1.807) is 24.5 Å². The van der Waals surface area contributed by atoms with Crippen LogP contribution in [0.5, 0.6) is 5.75 Å². The zero-order valence-electron chi connectivity index (χ0n) is 14.7. The number of benzene rings is 1. The molecule has 0 aromatic heterocycles. The van der Waals surface area contributed by atoms with E-state index >= 15 is 0 Å². The van der Waals surface area contributed by atoms with Crippen LogP contribution in [-0.4, -0.2) is 42.7 Å². The van der Waals surface area contributed by atoms with Crippen molar-refractivity contribution in [2.75, 3.05) is 20.8 Å². The second-order valence-corrected chi connectivity index (χ2v) is 5.77. The van der Waals surface area contributed by atoms with E-state index < -0.39 is 17.9 Å². The number of ether oxygens (including phenoxy) is 2. The highest BCUT2D eigenvalue weighted by Gasteiger charge is 2.35. The number of esters is 2. The highest BCUT2D eigenvalue weighted by molar-refractivity contribution is 5.98. The molecule has 1 aliphatic heterocycles. The van der Waals surface area contributed by atoms with E-state index in [-0.39, 0.29) is 5.75 Å². The fourth-order valence-electron chi connectivity index (χ4n) is 2.78. The van der Waals surface area contributed by atoms with Crippen LogP contribution in [0.2, 0.25) is 0 Å². The zero-order valence-corrected chi connectivity index (χ0v) is 14.7. The average Bonchev–Trinajstić information content (AvgIpc) is 2.65. The maximum atomic E-state index is 12.3. The first kappa shape index (κ1) is 18.6. The van der Waals surface area contributed by atoms with Crippen LogP contribution in [0, 0.1) is 0 Å². The van der Waals surface area contributed by atoms with Gasteiger partial charge in [0, 0.05) is 18.9 Å². The Hall–Kier alpha value is -2.76. The number of carbonyl (C=O) groups is 2. The molecule has 0 fully saturated rings. The van der Waals surface area contributed by atoms with Crippen LogP contribution in [0.1, 0.15) is 31.2 Å². The Morgan fingerprint density at radius 3 is 2.00 bits per heavy atom. The summed E-state index contributed by atoms with van der Waals surface area (Å²) in [4.78, 5) is 26.5. The molecule has 0 spiro atoms. The quantitative estimate of drug-likeness (QED) is 0.799. The van der Waals surface area contributed by atoms with Crippen molar-refractivity contribution in [3.63, 3.8) is 0 Å². The molecule has 6 nitrogen and oxygen atoms in total. The van der Waals surface area contributed by atoms with E-state index in [2.05, 4.69) is 6.92 Å². The lowest BCUT2D eigenvalue weighted by Crippen LogP contribution is -2.29. The van der Waals surface area contributed by atoms with Gasteiger partial charge in [-0.3, -0.25) is 0 Å². The predicted molar refractivity (Wildman–Crippen MR) is 92.7 cm³/mol. The first-order valence-corrected chi connectivity index (χ1v) is 8.16. The number of unbranched alkanes of at least 4 members (excludes halogenated alkanes) is 1. The van der Waals surface area contributed by atoms with Gasteiger partial charge in [0.25, 0.3) is 0 Å². The summed E-state index contributed by atoms with van der Waals surface area (Å²) in [5.74, 6) is -1.52. The molecule has 1 heterocycles. The second-order valence-electron chi connectivity index (χ2n) is 5.77. The molecule has 0 bridgehead atoms. The highest BCUT2D eigenvalue weighted by Crippen LogP contribution is 2.37. The minimum absolute atomic E-state index is 0.108. The summed E-state index contributed by atoms with van der Waals surface area (Å²) in [7, 11) is 2.62. The monoisotopic (exact) mass is 345 g/mol. The van der Waals surface area contributed by atoms with Gasteiger partial charge in [0.1, 0.15) is 5.75 Å². The van der Waals surface area contributed by atoms with Crippen LogP contribution >= 0.6 is 0 Å². The lowest BCUT2D eigenvalue weighted by molar-refractivity contribution is -0.137.